The van der Waals surface area contributed by atoms with Gasteiger partial charge < -0.3 is 5.32 Å². The van der Waals surface area contributed by atoms with Crippen LogP contribution in [0.25, 0.3) is 5.65 Å². The van der Waals surface area contributed by atoms with Crippen LogP contribution in [0.5, 0.6) is 0 Å². The van der Waals surface area contributed by atoms with E-state index in [4.69, 9.17) is 0 Å². The fourth-order valence-corrected chi connectivity index (χ4v) is 4.35. The Bertz CT molecular complexity index is 1520. The largest absolute Gasteiger partial charge is 0.416 e. The van der Waals surface area contributed by atoms with Crippen molar-refractivity contribution in [3.63, 3.8) is 0 Å². The van der Waals surface area contributed by atoms with Gasteiger partial charge in [-0.1, -0.05) is 24.0 Å². The zero-order valence-electron chi connectivity index (χ0n) is 20.1. The highest BCUT2D eigenvalue weighted by atomic mass is 19.4. The lowest BCUT2D eigenvalue weighted by Gasteiger charge is -2.20. The minimum atomic E-state index is -4.52. The van der Waals surface area contributed by atoms with Gasteiger partial charge in [-0.05, 0) is 68.2 Å². The first-order valence-corrected chi connectivity index (χ1v) is 11.9. The van der Waals surface area contributed by atoms with Crippen molar-refractivity contribution in [3.8, 4) is 11.8 Å². The van der Waals surface area contributed by atoms with Gasteiger partial charge in [0.05, 0.1) is 17.3 Å². The Morgan fingerprint density at radius 2 is 1.89 bits per heavy atom. The van der Waals surface area contributed by atoms with E-state index >= 15 is 0 Å². The van der Waals surface area contributed by atoms with E-state index in [0.717, 1.165) is 37.6 Å². The number of rotatable bonds is 4. The summed E-state index contributed by atoms with van der Waals surface area (Å²) in [6.45, 7) is 3.70. The van der Waals surface area contributed by atoms with Crippen LogP contribution in [0.2, 0.25) is 0 Å². The number of halogens is 3. The molecule has 5 rings (SSSR count). The quantitative estimate of drug-likeness (QED) is 0.384. The van der Waals surface area contributed by atoms with Crippen LogP contribution in [0, 0.1) is 18.8 Å². The third-order valence-corrected chi connectivity index (χ3v) is 6.35. The summed E-state index contributed by atoms with van der Waals surface area (Å²) >= 11 is 0. The van der Waals surface area contributed by atoms with Gasteiger partial charge in [-0.2, -0.15) is 18.3 Å². The molecule has 0 saturated carbocycles. The molecule has 4 aromatic rings. The van der Waals surface area contributed by atoms with Crippen molar-refractivity contribution in [2.45, 2.75) is 32.5 Å². The van der Waals surface area contributed by atoms with Crippen molar-refractivity contribution < 1.29 is 18.0 Å². The molecular weight excluding hydrogens is 479 g/mol. The van der Waals surface area contributed by atoms with E-state index in [9.17, 15) is 18.0 Å². The van der Waals surface area contributed by atoms with Crippen molar-refractivity contribution in [1.29, 1.82) is 0 Å². The SMILES string of the molecule is Cc1ccc(C(=O)Nc2ccc(CN3CCCC3)c(C(F)(F)F)c2)cc1C#Cc1cnc2ccnn2c1. The van der Waals surface area contributed by atoms with E-state index in [1.165, 1.54) is 12.1 Å². The van der Waals surface area contributed by atoms with Gasteiger partial charge >= 0.3 is 6.18 Å². The average molecular weight is 504 g/mol. The number of aryl methyl sites for hydroxylation is 1. The fraction of sp³-hybridized carbons (Fsp3) is 0.250. The summed E-state index contributed by atoms with van der Waals surface area (Å²) in [5.74, 6) is 5.57. The van der Waals surface area contributed by atoms with Crippen molar-refractivity contribution in [3.05, 3.63) is 94.4 Å². The molecule has 0 unspecified atom stereocenters. The number of nitrogens with zero attached hydrogens (tertiary/aromatic N) is 4. The first-order valence-electron chi connectivity index (χ1n) is 11.9. The number of likely N-dealkylation sites (tertiary alicyclic amines) is 1. The molecule has 0 aliphatic carbocycles. The van der Waals surface area contributed by atoms with E-state index in [0.29, 0.717) is 22.3 Å². The van der Waals surface area contributed by atoms with Crippen LogP contribution in [0.3, 0.4) is 0 Å². The number of anilines is 1. The molecule has 1 aliphatic heterocycles. The van der Waals surface area contributed by atoms with E-state index in [-0.39, 0.29) is 17.8 Å². The van der Waals surface area contributed by atoms with Gasteiger partial charge in [0, 0.05) is 41.8 Å². The van der Waals surface area contributed by atoms with Crippen molar-refractivity contribution >= 4 is 17.2 Å². The number of carbonyl (C=O) groups is 1. The van der Waals surface area contributed by atoms with Gasteiger partial charge in [-0.3, -0.25) is 9.69 Å². The normalized spacial score (nSPS) is 13.9. The van der Waals surface area contributed by atoms with Crippen molar-refractivity contribution in [2.75, 3.05) is 18.4 Å². The molecule has 2 aromatic heterocycles. The Balaban J connectivity index is 1.36. The maximum absolute atomic E-state index is 13.8. The number of alkyl halides is 3. The lowest BCUT2D eigenvalue weighted by atomic mass is 10.0. The number of nitrogens with one attached hydrogen (secondary N) is 1. The highest BCUT2D eigenvalue weighted by molar-refractivity contribution is 6.04. The molecule has 0 atom stereocenters. The summed E-state index contributed by atoms with van der Waals surface area (Å²) in [6, 6.07) is 10.8. The third-order valence-electron chi connectivity index (χ3n) is 6.35. The van der Waals surface area contributed by atoms with Crippen molar-refractivity contribution in [1.82, 2.24) is 19.5 Å². The minimum absolute atomic E-state index is 0.0919. The molecule has 2 aromatic carbocycles. The summed E-state index contributed by atoms with van der Waals surface area (Å²) in [5.41, 5.74) is 2.73. The molecule has 3 heterocycles. The summed E-state index contributed by atoms with van der Waals surface area (Å²) < 4.78 is 43.0. The predicted molar refractivity (Wildman–Crippen MR) is 134 cm³/mol. The second-order valence-corrected chi connectivity index (χ2v) is 9.06. The first-order chi connectivity index (χ1) is 17.8. The van der Waals surface area contributed by atoms with E-state index < -0.39 is 17.6 Å². The molecule has 37 heavy (non-hydrogen) atoms. The average Bonchev–Trinajstić information content (AvgIpc) is 3.55. The summed E-state index contributed by atoms with van der Waals surface area (Å²) in [4.78, 5) is 19.2. The lowest BCUT2D eigenvalue weighted by molar-refractivity contribution is -0.138. The van der Waals surface area contributed by atoms with Crippen LogP contribution in [0.4, 0.5) is 18.9 Å². The topological polar surface area (TPSA) is 62.5 Å². The van der Waals surface area contributed by atoms with Gasteiger partial charge in [0.15, 0.2) is 5.65 Å². The van der Waals surface area contributed by atoms with Crippen LogP contribution in [-0.4, -0.2) is 38.5 Å². The zero-order chi connectivity index (χ0) is 26.0. The molecule has 0 bridgehead atoms. The smallest absolute Gasteiger partial charge is 0.322 e. The molecule has 0 spiro atoms. The summed E-state index contributed by atoms with van der Waals surface area (Å²) in [7, 11) is 0. The zero-order valence-corrected chi connectivity index (χ0v) is 20.1. The molecule has 1 saturated heterocycles. The number of aromatic nitrogens is 3. The van der Waals surface area contributed by atoms with Crippen LogP contribution in [0.15, 0.2) is 61.1 Å². The van der Waals surface area contributed by atoms with E-state index in [1.54, 1.807) is 47.4 Å². The number of benzene rings is 2. The van der Waals surface area contributed by atoms with E-state index in [2.05, 4.69) is 27.2 Å². The standard InChI is InChI=1S/C28H24F3N5O/c1-19-4-6-22(14-21(19)7-5-20-16-32-26-10-11-33-36(26)17-20)27(37)34-24-9-8-23(18-35-12-2-3-13-35)25(15-24)28(29,30)31/h4,6,8-11,14-17H,2-3,12-13,18H2,1H3,(H,34,37). The Labute approximate surface area is 212 Å². The maximum Gasteiger partial charge on any atom is 0.416 e. The van der Waals surface area contributed by atoms with Crippen LogP contribution < -0.4 is 5.32 Å². The Morgan fingerprint density at radius 3 is 2.68 bits per heavy atom. The number of hydrogen-bond donors (Lipinski definition) is 1. The monoisotopic (exact) mass is 503 g/mol. The number of hydrogen-bond acceptors (Lipinski definition) is 4. The highest BCUT2D eigenvalue weighted by Crippen LogP contribution is 2.35. The maximum atomic E-state index is 13.8. The van der Waals surface area contributed by atoms with Gasteiger partial charge in [0.25, 0.3) is 5.91 Å². The second kappa shape index (κ2) is 10.1. The van der Waals surface area contributed by atoms with Crippen LogP contribution >= 0.6 is 0 Å². The summed E-state index contributed by atoms with van der Waals surface area (Å²) in [5, 5.41) is 6.75. The minimum Gasteiger partial charge on any atom is -0.322 e. The van der Waals surface area contributed by atoms with E-state index in [1.807, 2.05) is 11.8 Å². The first kappa shape index (κ1) is 24.5. The summed E-state index contributed by atoms with van der Waals surface area (Å²) in [6.07, 6.45) is 2.51. The molecule has 6 nitrogen and oxygen atoms in total. The lowest BCUT2D eigenvalue weighted by Crippen LogP contribution is -2.21. The Hall–Kier alpha value is -4.16. The fourth-order valence-electron chi connectivity index (χ4n) is 4.35. The van der Waals surface area contributed by atoms with Crippen molar-refractivity contribution in [2.24, 2.45) is 0 Å². The Kier molecular flexibility index (Phi) is 6.68. The number of fused-ring (bicyclic) bond motifs is 1. The molecule has 188 valence electrons. The highest BCUT2D eigenvalue weighted by Gasteiger charge is 2.34. The molecule has 1 fully saturated rings. The van der Waals surface area contributed by atoms with Gasteiger partial charge in [0.2, 0.25) is 0 Å². The number of amides is 1. The molecule has 1 amide bonds. The molecule has 1 aliphatic rings. The van der Waals surface area contributed by atoms with Gasteiger partial charge in [-0.15, -0.1) is 0 Å². The van der Waals surface area contributed by atoms with Gasteiger partial charge in [-0.25, -0.2) is 9.50 Å². The molecule has 1 N–H and O–H groups in total. The second-order valence-electron chi connectivity index (χ2n) is 9.06. The van der Waals surface area contributed by atoms with Gasteiger partial charge in [0.1, 0.15) is 0 Å². The van der Waals surface area contributed by atoms with Crippen LogP contribution in [-0.2, 0) is 12.7 Å². The van der Waals surface area contributed by atoms with Crippen LogP contribution in [0.1, 0.15) is 51.0 Å². The molecule has 0 radical (unpaired) electrons. The predicted octanol–water partition coefficient (Wildman–Crippen LogP) is 5.30. The molecular formula is C28H24F3N5O. The Morgan fingerprint density at radius 1 is 1.08 bits per heavy atom. The molecule has 9 heteroatoms. The third kappa shape index (κ3) is 5.65. The number of carbonyl (C=O) groups excluding carboxylic acids is 1.